The highest BCUT2D eigenvalue weighted by atomic mass is 35.5. The molecule has 2 heterocycles. The van der Waals surface area contributed by atoms with Gasteiger partial charge >= 0.3 is 10.7 Å². The Hall–Kier alpha value is -1.35. The molecule has 2 aromatic rings. The first-order valence-electron chi connectivity index (χ1n) is 8.30. The van der Waals surface area contributed by atoms with E-state index in [1.807, 2.05) is 0 Å². The van der Waals surface area contributed by atoms with E-state index in [0.29, 0.717) is 0 Å². The molecule has 0 bridgehead atoms. The van der Waals surface area contributed by atoms with Crippen LogP contribution in [0.25, 0.3) is 0 Å². The van der Waals surface area contributed by atoms with Gasteiger partial charge in [0.15, 0.2) is 0 Å². The molecule has 30 heavy (non-hydrogen) atoms. The molecule has 1 N–H and O–H groups in total. The number of sulfonamides is 2. The lowest BCUT2D eigenvalue weighted by atomic mass is 10.4. The van der Waals surface area contributed by atoms with Crippen LogP contribution in [0.3, 0.4) is 0 Å². The number of hydrogen-bond acceptors (Lipinski definition) is 7. The number of nitrogens with zero attached hydrogens (tertiary/aromatic N) is 5. The third-order valence-corrected chi connectivity index (χ3v) is 9.45. The number of rotatable bonds is 5. The van der Waals surface area contributed by atoms with Gasteiger partial charge in [0.2, 0.25) is 20.0 Å². The van der Waals surface area contributed by atoms with E-state index < -0.39 is 37.5 Å². The summed E-state index contributed by atoms with van der Waals surface area (Å²) in [5, 5.41) is 10.9. The second kappa shape index (κ2) is 8.30. The van der Waals surface area contributed by atoms with Crippen LogP contribution in [0.15, 0.2) is 27.6 Å². The van der Waals surface area contributed by atoms with Crippen molar-refractivity contribution < 1.29 is 26.1 Å². The summed E-state index contributed by atoms with van der Waals surface area (Å²) in [4.78, 5) is 0.748. The van der Waals surface area contributed by atoms with Gasteiger partial charge in [-0.15, -0.1) is 0 Å². The molecule has 16 heteroatoms. The Morgan fingerprint density at radius 1 is 1.20 bits per heavy atom. The summed E-state index contributed by atoms with van der Waals surface area (Å²) in [5.41, 5.74) is -0.458. The molecule has 0 aliphatic carbocycles. The van der Waals surface area contributed by atoms with Gasteiger partial charge in [-0.05, 0) is 35.1 Å². The van der Waals surface area contributed by atoms with E-state index in [9.17, 15) is 16.8 Å². The van der Waals surface area contributed by atoms with Gasteiger partial charge in [-0.3, -0.25) is 5.41 Å². The number of hydrogen-bond donors (Lipinski definition) is 1. The molecule has 1 aromatic heterocycles. The second-order valence-electron chi connectivity index (χ2n) is 6.47. The number of halogens is 3. The summed E-state index contributed by atoms with van der Waals surface area (Å²) in [6, 6.07) is 3.93. The zero-order valence-electron chi connectivity index (χ0n) is 15.7. The van der Waals surface area contributed by atoms with Gasteiger partial charge < -0.3 is 4.52 Å². The quantitative estimate of drug-likeness (QED) is 0.542. The van der Waals surface area contributed by atoms with E-state index in [-0.39, 0.29) is 33.2 Å². The largest absolute Gasteiger partial charge is 0.379 e. The fourth-order valence-electron chi connectivity index (χ4n) is 2.87. The predicted molar refractivity (Wildman–Crippen MR) is 108 cm³/mol. The van der Waals surface area contributed by atoms with Crippen LogP contribution in [0, 0.1) is 5.41 Å². The molecule has 1 aromatic carbocycles. The highest BCUT2D eigenvalue weighted by Crippen LogP contribution is 2.29. The molecule has 1 atom stereocenters. The molecule has 166 valence electrons. The summed E-state index contributed by atoms with van der Waals surface area (Å²) in [6.07, 6.45) is 0. The first kappa shape index (κ1) is 23.3. The highest BCUT2D eigenvalue weighted by molar-refractivity contribution is 7.90. The van der Waals surface area contributed by atoms with Gasteiger partial charge in [0, 0.05) is 38.8 Å². The Morgan fingerprint density at radius 2 is 1.87 bits per heavy atom. The fraction of sp³-hybridized carbons (Fsp3) is 0.429. The van der Waals surface area contributed by atoms with Crippen LogP contribution in [-0.4, -0.2) is 64.5 Å². The maximum Gasteiger partial charge on any atom is 0.360 e. The molecular weight excluding hydrogens is 503 g/mol. The molecule has 1 saturated heterocycles. The van der Waals surface area contributed by atoms with Crippen LogP contribution >= 0.6 is 34.8 Å². The third-order valence-electron chi connectivity index (χ3n) is 4.45. The van der Waals surface area contributed by atoms with E-state index in [4.69, 9.17) is 44.7 Å². The summed E-state index contributed by atoms with van der Waals surface area (Å²) in [7, 11) is -5.51. The molecule has 0 spiro atoms. The van der Waals surface area contributed by atoms with Crippen molar-refractivity contribution in [3.05, 3.63) is 39.0 Å². The van der Waals surface area contributed by atoms with Gasteiger partial charge in [0.05, 0.1) is 5.02 Å². The van der Waals surface area contributed by atoms with Gasteiger partial charge in [-0.25, -0.2) is 26.1 Å². The standard InChI is InChI=1S/C14H17Cl3N6O5S2/c1-20(2)30(26,27)12-8-21(5-6-22(12)23-13(17)14(18)28-19-23)29(24,25)11-4-3-9(15)7-10(11)16/h3-4,7,12,18H,5-6,8H2,1-2H3. The summed E-state index contributed by atoms with van der Waals surface area (Å²) in [5.74, 6) is 0. The topological polar surface area (TPSA) is 133 Å². The van der Waals surface area contributed by atoms with Crippen LogP contribution < -0.4 is 20.6 Å². The fourth-order valence-corrected chi connectivity index (χ4v) is 6.67. The minimum Gasteiger partial charge on any atom is -0.379 e. The SMILES string of the molecule is CN(C)S(=O)(=O)C1CN(S(=O)(=O)c2ccc(Cl)cc2Cl)CCN1[n+]1[n-]oc(=N)c1Cl. The average Bonchev–Trinajstić information content (AvgIpc) is 2.99. The van der Waals surface area contributed by atoms with Crippen LogP contribution in [0.2, 0.25) is 15.2 Å². The molecule has 0 radical (unpaired) electrons. The van der Waals surface area contributed by atoms with Crippen molar-refractivity contribution in [2.75, 3.05) is 38.7 Å². The number of aromatic nitrogens is 2. The van der Waals surface area contributed by atoms with Crippen LogP contribution in [0.5, 0.6) is 0 Å². The van der Waals surface area contributed by atoms with Crippen LogP contribution in [0.1, 0.15) is 0 Å². The van der Waals surface area contributed by atoms with Gasteiger partial charge in [0.1, 0.15) is 10.3 Å². The van der Waals surface area contributed by atoms with E-state index in [1.54, 1.807) is 0 Å². The third kappa shape index (κ3) is 4.07. The summed E-state index contributed by atoms with van der Waals surface area (Å²) in [6.45, 7) is -0.631. The minimum atomic E-state index is -4.13. The molecule has 0 saturated carbocycles. The number of benzene rings is 1. The van der Waals surface area contributed by atoms with Crippen molar-refractivity contribution >= 4 is 54.8 Å². The van der Waals surface area contributed by atoms with Gasteiger partial charge in [0.25, 0.3) is 0 Å². The van der Waals surface area contributed by atoms with Crippen molar-refractivity contribution in [3.63, 3.8) is 0 Å². The maximum absolute atomic E-state index is 13.2. The molecule has 1 aliphatic rings. The minimum absolute atomic E-state index is 0.0790. The van der Waals surface area contributed by atoms with Crippen molar-refractivity contribution in [2.24, 2.45) is 0 Å². The second-order valence-corrected chi connectivity index (χ2v) is 11.9. The summed E-state index contributed by atoms with van der Waals surface area (Å²) < 4.78 is 58.9. The van der Waals surface area contributed by atoms with Crippen molar-refractivity contribution in [1.82, 2.24) is 13.9 Å². The molecule has 11 nitrogen and oxygen atoms in total. The first-order chi connectivity index (χ1) is 13.9. The number of nitrogens with one attached hydrogen (secondary N) is 1. The van der Waals surface area contributed by atoms with E-state index in [2.05, 4.69) is 5.27 Å². The van der Waals surface area contributed by atoms with Crippen LogP contribution in [0.4, 0.5) is 0 Å². The highest BCUT2D eigenvalue weighted by Gasteiger charge is 2.43. The monoisotopic (exact) mass is 518 g/mol. The van der Waals surface area contributed by atoms with Crippen molar-refractivity contribution in [2.45, 2.75) is 10.3 Å². The van der Waals surface area contributed by atoms with E-state index >= 15 is 0 Å². The first-order valence-corrected chi connectivity index (χ1v) is 12.4. The predicted octanol–water partition coefficient (Wildman–Crippen LogP) is -0.176. The zero-order valence-corrected chi connectivity index (χ0v) is 19.6. The molecule has 0 amide bonds. The normalized spacial score (nSPS) is 18.9. The van der Waals surface area contributed by atoms with Crippen LogP contribution in [-0.2, 0) is 20.0 Å². The lowest BCUT2D eigenvalue weighted by Crippen LogP contribution is -2.74. The molecule has 1 fully saturated rings. The van der Waals surface area contributed by atoms with Crippen molar-refractivity contribution in [3.8, 4) is 0 Å². The Kier molecular flexibility index (Phi) is 6.45. The smallest absolute Gasteiger partial charge is 0.360 e. The molecular formula is C14H17Cl3N6O5S2. The molecule has 1 aliphatic heterocycles. The zero-order chi connectivity index (χ0) is 22.4. The van der Waals surface area contributed by atoms with Gasteiger partial charge in [-0.1, -0.05) is 28.0 Å². The Labute approximate surface area is 187 Å². The lowest BCUT2D eigenvalue weighted by Gasteiger charge is -2.41. The molecule has 1 unspecified atom stereocenters. The summed E-state index contributed by atoms with van der Waals surface area (Å²) >= 11 is 17.9. The Morgan fingerprint density at radius 3 is 2.40 bits per heavy atom. The van der Waals surface area contributed by atoms with E-state index in [1.165, 1.54) is 37.3 Å². The average molecular weight is 520 g/mol. The Bertz CT molecular complexity index is 1230. The molecule has 3 rings (SSSR count). The maximum atomic E-state index is 13.2. The Balaban J connectivity index is 2.04. The number of piperazine rings is 1. The van der Waals surface area contributed by atoms with E-state index in [0.717, 1.165) is 13.4 Å². The van der Waals surface area contributed by atoms with Gasteiger partial charge in [-0.2, -0.15) is 4.31 Å². The lowest BCUT2D eigenvalue weighted by molar-refractivity contribution is -0.764. The van der Waals surface area contributed by atoms with Crippen molar-refractivity contribution in [1.29, 1.82) is 5.41 Å².